The van der Waals surface area contributed by atoms with Crippen molar-refractivity contribution in [1.82, 2.24) is 0 Å². The van der Waals surface area contributed by atoms with E-state index in [1.54, 1.807) is 0 Å². The molecule has 0 unspecified atom stereocenters. The number of benzene rings is 1. The van der Waals surface area contributed by atoms with Crippen molar-refractivity contribution in [3.8, 4) is 0 Å². The van der Waals surface area contributed by atoms with Crippen molar-refractivity contribution >= 4 is 27.5 Å². The number of carbonyl (C=O) groups excluding carboxylic acids is 1. The lowest BCUT2D eigenvalue weighted by molar-refractivity contribution is -0.124. The first-order valence-electron chi connectivity index (χ1n) is 5.03. The Morgan fingerprint density at radius 1 is 1.33 bits per heavy atom. The van der Waals surface area contributed by atoms with Gasteiger partial charge in [0.25, 0.3) is 0 Å². The van der Waals surface area contributed by atoms with Crippen molar-refractivity contribution < 1.29 is 4.79 Å². The SMILES string of the molecule is CCC(C)(C)C(=O)Nc1ccc(Br)cc1. The van der Waals surface area contributed by atoms with Crippen LogP contribution in [0.4, 0.5) is 5.69 Å². The third-order valence-electron chi connectivity index (χ3n) is 2.60. The summed E-state index contributed by atoms with van der Waals surface area (Å²) in [6.07, 6.45) is 0.829. The van der Waals surface area contributed by atoms with Crippen molar-refractivity contribution in [3.63, 3.8) is 0 Å². The molecule has 0 atom stereocenters. The fraction of sp³-hybridized carbons (Fsp3) is 0.417. The Bertz CT molecular complexity index is 343. The number of hydrogen-bond acceptors (Lipinski definition) is 1. The largest absolute Gasteiger partial charge is 0.326 e. The Balaban J connectivity index is 2.71. The van der Waals surface area contributed by atoms with Crippen LogP contribution in [-0.2, 0) is 4.79 Å². The summed E-state index contributed by atoms with van der Waals surface area (Å²) in [4.78, 5) is 11.8. The van der Waals surface area contributed by atoms with E-state index < -0.39 is 0 Å². The van der Waals surface area contributed by atoms with E-state index in [1.807, 2.05) is 45.0 Å². The van der Waals surface area contributed by atoms with Gasteiger partial charge in [-0.25, -0.2) is 0 Å². The molecule has 15 heavy (non-hydrogen) atoms. The molecule has 82 valence electrons. The highest BCUT2D eigenvalue weighted by atomic mass is 79.9. The van der Waals surface area contributed by atoms with E-state index in [2.05, 4.69) is 21.2 Å². The van der Waals surface area contributed by atoms with Crippen LogP contribution in [0.1, 0.15) is 27.2 Å². The number of carbonyl (C=O) groups is 1. The highest BCUT2D eigenvalue weighted by Gasteiger charge is 2.24. The minimum atomic E-state index is -0.312. The van der Waals surface area contributed by atoms with Gasteiger partial charge in [-0.15, -0.1) is 0 Å². The molecule has 0 radical (unpaired) electrons. The molecule has 1 aromatic rings. The normalized spacial score (nSPS) is 11.2. The number of amides is 1. The van der Waals surface area contributed by atoms with Gasteiger partial charge in [0.05, 0.1) is 0 Å². The van der Waals surface area contributed by atoms with Crippen LogP contribution in [0.5, 0.6) is 0 Å². The molecule has 3 heteroatoms. The molecule has 0 aliphatic carbocycles. The minimum absolute atomic E-state index is 0.0623. The number of hydrogen-bond donors (Lipinski definition) is 1. The van der Waals surface area contributed by atoms with Gasteiger partial charge >= 0.3 is 0 Å². The lowest BCUT2D eigenvalue weighted by Gasteiger charge is -2.21. The molecule has 0 aliphatic rings. The van der Waals surface area contributed by atoms with Crippen LogP contribution in [0.15, 0.2) is 28.7 Å². The second-order valence-corrected chi connectivity index (χ2v) is 5.11. The van der Waals surface area contributed by atoms with Crippen LogP contribution in [0.2, 0.25) is 0 Å². The first-order chi connectivity index (χ1) is 6.95. The Morgan fingerprint density at radius 3 is 2.33 bits per heavy atom. The summed E-state index contributed by atoms with van der Waals surface area (Å²) >= 11 is 3.35. The van der Waals surface area contributed by atoms with E-state index in [-0.39, 0.29) is 11.3 Å². The molecular weight excluding hydrogens is 254 g/mol. The van der Waals surface area contributed by atoms with Crippen molar-refractivity contribution in [2.45, 2.75) is 27.2 Å². The average molecular weight is 270 g/mol. The number of anilines is 1. The van der Waals surface area contributed by atoms with Gasteiger partial charge in [0, 0.05) is 15.6 Å². The number of halogens is 1. The van der Waals surface area contributed by atoms with Crippen LogP contribution in [0, 0.1) is 5.41 Å². The first kappa shape index (κ1) is 12.2. The van der Waals surface area contributed by atoms with Crippen molar-refractivity contribution in [2.24, 2.45) is 5.41 Å². The van der Waals surface area contributed by atoms with Crippen molar-refractivity contribution in [2.75, 3.05) is 5.32 Å². The van der Waals surface area contributed by atoms with E-state index in [1.165, 1.54) is 0 Å². The molecule has 0 saturated carbocycles. The first-order valence-corrected chi connectivity index (χ1v) is 5.82. The summed E-state index contributed by atoms with van der Waals surface area (Å²) in [5.41, 5.74) is 0.525. The van der Waals surface area contributed by atoms with E-state index in [9.17, 15) is 4.79 Å². The van der Waals surface area contributed by atoms with Crippen LogP contribution in [0.3, 0.4) is 0 Å². The van der Waals surface area contributed by atoms with Crippen molar-refractivity contribution in [1.29, 1.82) is 0 Å². The summed E-state index contributed by atoms with van der Waals surface area (Å²) in [7, 11) is 0. The van der Waals surface area contributed by atoms with Crippen LogP contribution in [0.25, 0.3) is 0 Å². The van der Waals surface area contributed by atoms with Gasteiger partial charge in [-0.05, 0) is 30.7 Å². The lowest BCUT2D eigenvalue weighted by atomic mass is 9.89. The molecule has 0 fully saturated rings. The monoisotopic (exact) mass is 269 g/mol. The summed E-state index contributed by atoms with van der Waals surface area (Å²) in [6.45, 7) is 5.91. The second kappa shape index (κ2) is 4.79. The molecule has 0 spiro atoms. The maximum Gasteiger partial charge on any atom is 0.230 e. The summed E-state index contributed by atoms with van der Waals surface area (Å²) in [5.74, 6) is 0.0623. The van der Waals surface area contributed by atoms with Gasteiger partial charge in [-0.1, -0.05) is 36.7 Å². The van der Waals surface area contributed by atoms with Crippen LogP contribution < -0.4 is 5.32 Å². The molecule has 0 bridgehead atoms. The molecule has 0 saturated heterocycles. The fourth-order valence-electron chi connectivity index (χ4n) is 0.994. The zero-order valence-electron chi connectivity index (χ0n) is 9.30. The van der Waals surface area contributed by atoms with Gasteiger partial charge in [0.1, 0.15) is 0 Å². The molecule has 1 amide bonds. The molecular formula is C12H16BrNO. The van der Waals surface area contributed by atoms with E-state index in [0.29, 0.717) is 0 Å². The van der Waals surface area contributed by atoms with E-state index in [4.69, 9.17) is 0 Å². The smallest absolute Gasteiger partial charge is 0.230 e. The molecule has 0 aromatic heterocycles. The maximum absolute atomic E-state index is 11.8. The predicted molar refractivity (Wildman–Crippen MR) is 66.8 cm³/mol. The third kappa shape index (κ3) is 3.34. The minimum Gasteiger partial charge on any atom is -0.326 e. The Hall–Kier alpha value is -0.830. The maximum atomic E-state index is 11.8. The molecule has 1 N–H and O–H groups in total. The predicted octanol–water partition coefficient (Wildman–Crippen LogP) is 3.82. The van der Waals surface area contributed by atoms with Crippen molar-refractivity contribution in [3.05, 3.63) is 28.7 Å². The van der Waals surface area contributed by atoms with Gasteiger partial charge in [-0.2, -0.15) is 0 Å². The summed E-state index contributed by atoms with van der Waals surface area (Å²) < 4.78 is 1.01. The Morgan fingerprint density at radius 2 is 1.87 bits per heavy atom. The second-order valence-electron chi connectivity index (χ2n) is 4.20. The summed E-state index contributed by atoms with van der Waals surface area (Å²) in [6, 6.07) is 7.59. The topological polar surface area (TPSA) is 29.1 Å². The highest BCUT2D eigenvalue weighted by molar-refractivity contribution is 9.10. The number of rotatable bonds is 3. The van der Waals surface area contributed by atoms with Gasteiger partial charge in [0.15, 0.2) is 0 Å². The highest BCUT2D eigenvalue weighted by Crippen LogP contribution is 2.22. The lowest BCUT2D eigenvalue weighted by Crippen LogP contribution is -2.29. The zero-order chi connectivity index (χ0) is 11.5. The molecule has 2 nitrogen and oxygen atoms in total. The standard InChI is InChI=1S/C12H16BrNO/c1-4-12(2,3)11(15)14-10-7-5-9(13)6-8-10/h5-8H,4H2,1-3H3,(H,14,15). The van der Waals surface area contributed by atoms with E-state index >= 15 is 0 Å². The van der Waals surface area contributed by atoms with Gasteiger partial charge in [0.2, 0.25) is 5.91 Å². The third-order valence-corrected chi connectivity index (χ3v) is 3.13. The van der Waals surface area contributed by atoms with E-state index in [0.717, 1.165) is 16.6 Å². The Kier molecular flexibility index (Phi) is 3.91. The fourth-order valence-corrected chi connectivity index (χ4v) is 1.26. The van der Waals surface area contributed by atoms with Gasteiger partial charge in [-0.3, -0.25) is 4.79 Å². The Labute approximate surface area is 99.2 Å². The molecule has 0 heterocycles. The molecule has 1 rings (SSSR count). The zero-order valence-corrected chi connectivity index (χ0v) is 10.9. The van der Waals surface area contributed by atoms with Crippen LogP contribution >= 0.6 is 15.9 Å². The number of nitrogens with one attached hydrogen (secondary N) is 1. The van der Waals surface area contributed by atoms with Gasteiger partial charge < -0.3 is 5.32 Å². The quantitative estimate of drug-likeness (QED) is 0.888. The van der Waals surface area contributed by atoms with Crippen LogP contribution in [-0.4, -0.2) is 5.91 Å². The summed E-state index contributed by atoms with van der Waals surface area (Å²) in [5, 5.41) is 2.90. The average Bonchev–Trinajstić information content (AvgIpc) is 2.21. The molecule has 0 aliphatic heterocycles. The molecule has 1 aromatic carbocycles.